The van der Waals surface area contributed by atoms with Crippen LogP contribution in [0.2, 0.25) is 0 Å². The molecule has 0 saturated heterocycles. The molecule has 1 aliphatic rings. The Labute approximate surface area is 105 Å². The molecule has 2 aromatic rings. The molecule has 5 heteroatoms. The molecule has 3 N–H and O–H groups in total. The average Bonchev–Trinajstić information content (AvgIpc) is 3.04. The first-order valence-corrected chi connectivity index (χ1v) is 5.96. The number of H-pyrrole nitrogens is 1. The van der Waals surface area contributed by atoms with E-state index in [9.17, 15) is 0 Å². The van der Waals surface area contributed by atoms with Crippen molar-refractivity contribution in [2.75, 3.05) is 6.79 Å². The van der Waals surface area contributed by atoms with E-state index in [1.165, 1.54) is 5.56 Å². The van der Waals surface area contributed by atoms with Gasteiger partial charge in [-0.2, -0.15) is 0 Å². The smallest absolute Gasteiger partial charge is 0.231 e. The Morgan fingerprint density at radius 1 is 1.22 bits per heavy atom. The van der Waals surface area contributed by atoms with Crippen LogP contribution in [0.3, 0.4) is 0 Å². The summed E-state index contributed by atoms with van der Waals surface area (Å²) in [7, 11) is 0. The molecule has 0 saturated carbocycles. The number of nitrogens with two attached hydrogens (primary N) is 1. The Kier molecular flexibility index (Phi) is 2.90. The number of aromatic amines is 1. The minimum Gasteiger partial charge on any atom is -0.454 e. The number of aromatic nitrogens is 2. The average molecular weight is 245 g/mol. The normalized spacial score (nSPS) is 12.9. The lowest BCUT2D eigenvalue weighted by atomic mass is 10.1. The largest absolute Gasteiger partial charge is 0.454 e. The van der Waals surface area contributed by atoms with Crippen LogP contribution < -0.4 is 15.2 Å². The van der Waals surface area contributed by atoms with Gasteiger partial charge in [-0.1, -0.05) is 6.07 Å². The highest BCUT2D eigenvalue weighted by Crippen LogP contribution is 2.32. The Balaban J connectivity index is 1.66. The Morgan fingerprint density at radius 2 is 2.11 bits per heavy atom. The predicted molar refractivity (Wildman–Crippen MR) is 66.5 cm³/mol. The molecular weight excluding hydrogens is 230 g/mol. The third-order valence-corrected chi connectivity index (χ3v) is 2.99. The zero-order chi connectivity index (χ0) is 12.4. The van der Waals surface area contributed by atoms with Crippen LogP contribution in [0, 0.1) is 0 Å². The van der Waals surface area contributed by atoms with Crippen LogP contribution in [0.1, 0.15) is 17.1 Å². The topological polar surface area (TPSA) is 73.2 Å². The molecule has 0 unspecified atom stereocenters. The Hall–Kier alpha value is -2.01. The lowest BCUT2D eigenvalue weighted by Gasteiger charge is -2.02. The molecule has 0 aliphatic carbocycles. The summed E-state index contributed by atoms with van der Waals surface area (Å²) in [4.78, 5) is 7.37. The van der Waals surface area contributed by atoms with Gasteiger partial charge in [-0.3, -0.25) is 0 Å². The molecule has 18 heavy (non-hydrogen) atoms. The lowest BCUT2D eigenvalue weighted by Crippen LogP contribution is -1.98. The molecule has 2 heterocycles. The predicted octanol–water partition coefficient (Wildman–Crippen LogP) is 1.38. The second-order valence-electron chi connectivity index (χ2n) is 4.25. The van der Waals surface area contributed by atoms with Crippen molar-refractivity contribution in [3.63, 3.8) is 0 Å². The van der Waals surface area contributed by atoms with Crippen LogP contribution in [-0.2, 0) is 19.4 Å². The first-order chi connectivity index (χ1) is 8.85. The molecule has 1 aromatic heterocycles. The summed E-state index contributed by atoms with van der Waals surface area (Å²) in [6.45, 7) is 0.767. The number of nitrogens with one attached hydrogen (secondary N) is 1. The maximum absolute atomic E-state index is 5.51. The quantitative estimate of drug-likeness (QED) is 0.853. The second kappa shape index (κ2) is 4.70. The van der Waals surface area contributed by atoms with Gasteiger partial charge in [0.2, 0.25) is 6.79 Å². The van der Waals surface area contributed by atoms with Crippen molar-refractivity contribution >= 4 is 0 Å². The SMILES string of the molecule is NCc1ncc(CCc2ccc3c(c2)OCO3)[nH]1. The van der Waals surface area contributed by atoms with Crippen LogP contribution in [-0.4, -0.2) is 16.8 Å². The van der Waals surface area contributed by atoms with Gasteiger partial charge in [-0.05, 0) is 30.5 Å². The zero-order valence-electron chi connectivity index (χ0n) is 9.98. The third kappa shape index (κ3) is 2.17. The van der Waals surface area contributed by atoms with Gasteiger partial charge in [0.05, 0.1) is 6.54 Å². The number of imidazole rings is 1. The highest BCUT2D eigenvalue weighted by molar-refractivity contribution is 5.44. The summed E-state index contributed by atoms with van der Waals surface area (Å²) in [6.07, 6.45) is 3.69. The van der Waals surface area contributed by atoms with Crippen molar-refractivity contribution in [2.45, 2.75) is 19.4 Å². The molecule has 0 bridgehead atoms. The monoisotopic (exact) mass is 245 g/mol. The third-order valence-electron chi connectivity index (χ3n) is 2.99. The number of aryl methyl sites for hydroxylation is 2. The van der Waals surface area contributed by atoms with Crippen molar-refractivity contribution in [3.8, 4) is 11.5 Å². The van der Waals surface area contributed by atoms with Gasteiger partial charge in [-0.25, -0.2) is 4.98 Å². The Morgan fingerprint density at radius 3 is 2.94 bits per heavy atom. The van der Waals surface area contributed by atoms with Gasteiger partial charge >= 0.3 is 0 Å². The van der Waals surface area contributed by atoms with Crippen LogP contribution in [0.25, 0.3) is 0 Å². The summed E-state index contributed by atoms with van der Waals surface area (Å²) in [6, 6.07) is 6.05. The molecule has 0 atom stereocenters. The maximum atomic E-state index is 5.51. The van der Waals surface area contributed by atoms with E-state index in [-0.39, 0.29) is 0 Å². The number of rotatable bonds is 4. The van der Waals surface area contributed by atoms with Crippen LogP contribution in [0.4, 0.5) is 0 Å². The molecule has 0 fully saturated rings. The minimum atomic E-state index is 0.319. The fraction of sp³-hybridized carbons (Fsp3) is 0.308. The van der Waals surface area contributed by atoms with E-state index >= 15 is 0 Å². The summed E-state index contributed by atoms with van der Waals surface area (Å²) < 4.78 is 10.6. The molecule has 0 spiro atoms. The number of benzene rings is 1. The number of hydrogen-bond donors (Lipinski definition) is 2. The highest BCUT2D eigenvalue weighted by Gasteiger charge is 2.13. The van der Waals surface area contributed by atoms with Gasteiger partial charge in [0.25, 0.3) is 0 Å². The van der Waals surface area contributed by atoms with Crippen LogP contribution >= 0.6 is 0 Å². The summed E-state index contributed by atoms with van der Waals surface area (Å²) in [5.74, 6) is 2.49. The maximum Gasteiger partial charge on any atom is 0.231 e. The number of ether oxygens (including phenoxy) is 2. The van der Waals surface area contributed by atoms with E-state index < -0.39 is 0 Å². The minimum absolute atomic E-state index is 0.319. The molecule has 0 amide bonds. The fourth-order valence-corrected chi connectivity index (χ4v) is 2.01. The number of nitrogens with zero attached hydrogens (tertiary/aromatic N) is 1. The molecule has 5 nitrogen and oxygen atoms in total. The molecular formula is C13H15N3O2. The van der Waals surface area contributed by atoms with Crippen molar-refractivity contribution in [1.82, 2.24) is 9.97 Å². The van der Waals surface area contributed by atoms with Crippen molar-refractivity contribution in [1.29, 1.82) is 0 Å². The van der Waals surface area contributed by atoms with E-state index in [1.807, 2.05) is 18.3 Å². The molecule has 1 aromatic carbocycles. The van der Waals surface area contributed by atoms with Crippen LogP contribution in [0.15, 0.2) is 24.4 Å². The van der Waals surface area contributed by atoms with Gasteiger partial charge in [-0.15, -0.1) is 0 Å². The van der Waals surface area contributed by atoms with E-state index in [4.69, 9.17) is 15.2 Å². The summed E-state index contributed by atoms with van der Waals surface area (Å²) >= 11 is 0. The Bertz CT molecular complexity index is 551. The van der Waals surface area contributed by atoms with Gasteiger partial charge < -0.3 is 20.2 Å². The molecule has 94 valence electrons. The van der Waals surface area contributed by atoms with E-state index in [1.54, 1.807) is 0 Å². The van der Waals surface area contributed by atoms with Crippen molar-refractivity contribution in [3.05, 3.63) is 41.5 Å². The van der Waals surface area contributed by atoms with Gasteiger partial charge in [0.1, 0.15) is 5.82 Å². The number of hydrogen-bond acceptors (Lipinski definition) is 4. The molecule has 1 aliphatic heterocycles. The molecule has 0 radical (unpaired) electrons. The molecule has 3 rings (SSSR count). The van der Waals surface area contributed by atoms with Gasteiger partial charge in [0, 0.05) is 11.9 Å². The second-order valence-corrected chi connectivity index (χ2v) is 4.25. The lowest BCUT2D eigenvalue weighted by molar-refractivity contribution is 0.174. The fourth-order valence-electron chi connectivity index (χ4n) is 2.01. The van der Waals surface area contributed by atoms with Gasteiger partial charge in [0.15, 0.2) is 11.5 Å². The first kappa shape index (κ1) is 11.1. The van der Waals surface area contributed by atoms with E-state index in [0.29, 0.717) is 13.3 Å². The first-order valence-electron chi connectivity index (χ1n) is 5.96. The zero-order valence-corrected chi connectivity index (χ0v) is 9.98. The van der Waals surface area contributed by atoms with E-state index in [0.717, 1.165) is 35.9 Å². The van der Waals surface area contributed by atoms with E-state index in [2.05, 4.69) is 16.0 Å². The van der Waals surface area contributed by atoms with Crippen molar-refractivity contribution < 1.29 is 9.47 Å². The summed E-state index contributed by atoms with van der Waals surface area (Å²) in [5.41, 5.74) is 7.84. The standard InChI is InChI=1S/C13H15N3O2/c14-6-13-15-7-10(16-13)3-1-9-2-4-11-12(5-9)18-8-17-11/h2,4-5,7H,1,3,6,8,14H2,(H,15,16). The number of fused-ring (bicyclic) bond motifs is 1. The van der Waals surface area contributed by atoms with Crippen LogP contribution in [0.5, 0.6) is 11.5 Å². The summed E-state index contributed by atoms with van der Waals surface area (Å²) in [5, 5.41) is 0. The highest BCUT2D eigenvalue weighted by atomic mass is 16.7. The van der Waals surface area contributed by atoms with Crippen molar-refractivity contribution in [2.24, 2.45) is 5.73 Å².